The average molecular weight is 362 g/mol. The number of anilines is 1. The van der Waals surface area contributed by atoms with Crippen LogP contribution in [0, 0.1) is 13.8 Å². The minimum atomic E-state index is -0.199. The molecule has 0 bridgehead atoms. The number of aromatic nitrogens is 1. The summed E-state index contributed by atoms with van der Waals surface area (Å²) in [7, 11) is 0. The monoisotopic (exact) mass is 362 g/mol. The molecule has 0 aliphatic heterocycles. The molecule has 5 nitrogen and oxygen atoms in total. The molecule has 5 heteroatoms. The van der Waals surface area contributed by atoms with Gasteiger partial charge in [0.15, 0.2) is 5.78 Å². The Kier molecular flexibility index (Phi) is 5.21. The molecule has 0 unspecified atom stereocenters. The van der Waals surface area contributed by atoms with Crippen LogP contribution in [-0.4, -0.2) is 16.7 Å². The second kappa shape index (κ2) is 7.58. The van der Waals surface area contributed by atoms with Crippen molar-refractivity contribution < 1.29 is 9.59 Å². The lowest BCUT2D eigenvalue weighted by Crippen LogP contribution is -2.17. The van der Waals surface area contributed by atoms with E-state index in [2.05, 4.69) is 10.3 Å². The van der Waals surface area contributed by atoms with Crippen molar-refractivity contribution in [1.29, 1.82) is 0 Å². The van der Waals surface area contributed by atoms with Crippen molar-refractivity contribution in [3.8, 4) is 0 Å². The van der Waals surface area contributed by atoms with Gasteiger partial charge < -0.3 is 10.3 Å². The molecule has 0 fully saturated rings. The summed E-state index contributed by atoms with van der Waals surface area (Å²) in [6.07, 6.45) is 0.528. The zero-order valence-electron chi connectivity index (χ0n) is 15.7. The SMILES string of the molecule is CC(=O)c1cccc(NC(=O)CCc2cc3ccc(C)c(C)c3[nH]c2=O)c1. The van der Waals surface area contributed by atoms with Gasteiger partial charge in [0.1, 0.15) is 0 Å². The van der Waals surface area contributed by atoms with Gasteiger partial charge in [-0.15, -0.1) is 0 Å². The van der Waals surface area contributed by atoms with Gasteiger partial charge in [0.25, 0.3) is 5.56 Å². The first kappa shape index (κ1) is 18.6. The van der Waals surface area contributed by atoms with E-state index in [1.54, 1.807) is 24.3 Å². The third-order valence-electron chi connectivity index (χ3n) is 4.80. The number of hydrogen-bond acceptors (Lipinski definition) is 3. The van der Waals surface area contributed by atoms with Gasteiger partial charge in [-0.3, -0.25) is 14.4 Å². The quantitative estimate of drug-likeness (QED) is 0.675. The molecule has 0 aliphatic carbocycles. The maximum absolute atomic E-state index is 12.4. The Morgan fingerprint density at radius 1 is 1.07 bits per heavy atom. The van der Waals surface area contributed by atoms with Crippen molar-refractivity contribution in [3.05, 3.63) is 75.1 Å². The van der Waals surface area contributed by atoms with Crippen molar-refractivity contribution in [2.45, 2.75) is 33.6 Å². The largest absolute Gasteiger partial charge is 0.326 e. The van der Waals surface area contributed by atoms with Crippen LogP contribution in [0.1, 0.15) is 40.4 Å². The number of aryl methyl sites for hydroxylation is 3. The van der Waals surface area contributed by atoms with Gasteiger partial charge in [-0.05, 0) is 61.9 Å². The lowest BCUT2D eigenvalue weighted by molar-refractivity contribution is -0.116. The molecule has 0 radical (unpaired) electrons. The van der Waals surface area contributed by atoms with E-state index in [1.807, 2.05) is 32.0 Å². The number of carbonyl (C=O) groups is 2. The highest BCUT2D eigenvalue weighted by Crippen LogP contribution is 2.19. The van der Waals surface area contributed by atoms with E-state index in [9.17, 15) is 14.4 Å². The second-order valence-electron chi connectivity index (χ2n) is 6.78. The van der Waals surface area contributed by atoms with Crippen LogP contribution < -0.4 is 10.9 Å². The third kappa shape index (κ3) is 4.14. The van der Waals surface area contributed by atoms with Crippen molar-refractivity contribution in [2.75, 3.05) is 5.32 Å². The Balaban J connectivity index is 1.73. The molecule has 27 heavy (non-hydrogen) atoms. The van der Waals surface area contributed by atoms with E-state index in [0.717, 1.165) is 22.0 Å². The van der Waals surface area contributed by atoms with E-state index in [4.69, 9.17) is 0 Å². The number of benzene rings is 2. The first-order chi connectivity index (χ1) is 12.8. The Labute approximate surface area is 157 Å². The molecule has 0 atom stereocenters. The van der Waals surface area contributed by atoms with Crippen LogP contribution in [0.25, 0.3) is 10.9 Å². The van der Waals surface area contributed by atoms with Crippen molar-refractivity contribution in [3.63, 3.8) is 0 Å². The van der Waals surface area contributed by atoms with Crippen LogP contribution in [0.4, 0.5) is 5.69 Å². The number of Topliss-reactive ketones (excluding diaryl/α,β-unsaturated/α-hetero) is 1. The second-order valence-corrected chi connectivity index (χ2v) is 6.78. The Hall–Kier alpha value is -3.21. The topological polar surface area (TPSA) is 79.0 Å². The van der Waals surface area contributed by atoms with Gasteiger partial charge in [-0.1, -0.05) is 24.3 Å². The smallest absolute Gasteiger partial charge is 0.251 e. The number of hydrogen-bond donors (Lipinski definition) is 2. The van der Waals surface area contributed by atoms with Crippen LogP contribution in [0.3, 0.4) is 0 Å². The lowest BCUT2D eigenvalue weighted by Gasteiger charge is -2.09. The molecule has 1 amide bonds. The highest BCUT2D eigenvalue weighted by Gasteiger charge is 2.10. The number of nitrogens with one attached hydrogen (secondary N) is 2. The lowest BCUT2D eigenvalue weighted by atomic mass is 10.0. The maximum atomic E-state index is 12.4. The highest BCUT2D eigenvalue weighted by molar-refractivity contribution is 5.97. The molecule has 3 aromatic rings. The third-order valence-corrected chi connectivity index (χ3v) is 4.80. The zero-order chi connectivity index (χ0) is 19.6. The molecule has 138 valence electrons. The van der Waals surface area contributed by atoms with Crippen molar-refractivity contribution in [1.82, 2.24) is 4.98 Å². The van der Waals surface area contributed by atoms with E-state index in [-0.39, 0.29) is 23.7 Å². The summed E-state index contributed by atoms with van der Waals surface area (Å²) < 4.78 is 0. The number of H-pyrrole nitrogens is 1. The fourth-order valence-electron chi connectivity index (χ4n) is 3.04. The van der Waals surface area contributed by atoms with Crippen LogP contribution >= 0.6 is 0 Å². The van der Waals surface area contributed by atoms with Gasteiger partial charge in [0.2, 0.25) is 5.91 Å². The molecule has 2 aromatic carbocycles. The molecule has 1 aromatic heterocycles. The van der Waals surface area contributed by atoms with Gasteiger partial charge in [-0.25, -0.2) is 0 Å². The number of carbonyl (C=O) groups excluding carboxylic acids is 2. The van der Waals surface area contributed by atoms with Crippen LogP contribution in [0.15, 0.2) is 47.3 Å². The van der Waals surface area contributed by atoms with Gasteiger partial charge >= 0.3 is 0 Å². The molecule has 0 saturated carbocycles. The minimum Gasteiger partial charge on any atom is -0.326 e. The minimum absolute atomic E-state index is 0.0562. The summed E-state index contributed by atoms with van der Waals surface area (Å²) in [6.45, 7) is 5.47. The molecule has 3 rings (SSSR count). The molecule has 0 spiro atoms. The normalized spacial score (nSPS) is 10.8. The van der Waals surface area contributed by atoms with Crippen LogP contribution in [0.5, 0.6) is 0 Å². The van der Waals surface area contributed by atoms with Crippen molar-refractivity contribution in [2.24, 2.45) is 0 Å². The molecular weight excluding hydrogens is 340 g/mol. The zero-order valence-corrected chi connectivity index (χ0v) is 15.7. The van der Waals surface area contributed by atoms with Gasteiger partial charge in [0.05, 0.1) is 5.52 Å². The van der Waals surface area contributed by atoms with E-state index in [1.165, 1.54) is 6.92 Å². The first-order valence-corrected chi connectivity index (χ1v) is 8.88. The maximum Gasteiger partial charge on any atom is 0.251 e. The number of ketones is 1. The summed E-state index contributed by atoms with van der Waals surface area (Å²) in [6, 6.07) is 12.7. The highest BCUT2D eigenvalue weighted by atomic mass is 16.1. The average Bonchev–Trinajstić information content (AvgIpc) is 2.64. The predicted molar refractivity (Wildman–Crippen MR) is 107 cm³/mol. The summed E-state index contributed by atoms with van der Waals surface area (Å²) in [5.41, 5.74) is 4.56. The Morgan fingerprint density at radius 2 is 1.85 bits per heavy atom. The van der Waals surface area contributed by atoms with E-state index in [0.29, 0.717) is 23.2 Å². The molecule has 0 saturated heterocycles. The summed E-state index contributed by atoms with van der Waals surface area (Å²) in [4.78, 5) is 39.0. The van der Waals surface area contributed by atoms with E-state index >= 15 is 0 Å². The fraction of sp³-hybridized carbons (Fsp3) is 0.227. The van der Waals surface area contributed by atoms with Crippen molar-refractivity contribution >= 4 is 28.3 Å². The fourth-order valence-corrected chi connectivity index (χ4v) is 3.04. The predicted octanol–water partition coefficient (Wildman–Crippen LogP) is 3.92. The number of aromatic amines is 1. The summed E-state index contributed by atoms with van der Waals surface area (Å²) >= 11 is 0. The standard InChI is InChI=1S/C22H22N2O3/c1-13-7-8-17-11-18(22(27)24-21(17)14(13)2)9-10-20(26)23-19-6-4-5-16(12-19)15(3)25/h4-8,11-12H,9-10H2,1-3H3,(H,23,26)(H,24,27). The number of pyridine rings is 1. The van der Waals surface area contributed by atoms with Gasteiger partial charge in [-0.2, -0.15) is 0 Å². The Bertz CT molecular complexity index is 1100. The number of amides is 1. The number of fused-ring (bicyclic) bond motifs is 1. The molecular formula is C22H22N2O3. The van der Waals surface area contributed by atoms with Gasteiger partial charge in [0, 0.05) is 23.2 Å². The molecule has 0 aliphatic rings. The molecule has 2 N–H and O–H groups in total. The molecule has 1 heterocycles. The summed E-state index contributed by atoms with van der Waals surface area (Å²) in [5.74, 6) is -0.255. The van der Waals surface area contributed by atoms with Crippen LogP contribution in [-0.2, 0) is 11.2 Å². The summed E-state index contributed by atoms with van der Waals surface area (Å²) in [5, 5.41) is 3.74. The first-order valence-electron chi connectivity index (χ1n) is 8.88. The van der Waals surface area contributed by atoms with E-state index < -0.39 is 0 Å². The Morgan fingerprint density at radius 3 is 2.59 bits per heavy atom. The number of rotatable bonds is 5. The van der Waals surface area contributed by atoms with Crippen LogP contribution in [0.2, 0.25) is 0 Å².